The van der Waals surface area contributed by atoms with Gasteiger partial charge in [-0.15, -0.1) is 0 Å². The molecule has 0 radical (unpaired) electrons. The smallest absolute Gasteiger partial charge is 0.330 e. The highest BCUT2D eigenvalue weighted by atomic mass is 16.4. The number of carbonyl (C=O) groups excluding carboxylic acids is 2. The third-order valence-electron chi connectivity index (χ3n) is 1.17. The molecule has 0 aromatic heterocycles. The Morgan fingerprint density at radius 1 is 1.22 bits per heavy atom. The van der Waals surface area contributed by atoms with E-state index in [1.165, 1.54) is 19.1 Å². The summed E-state index contributed by atoms with van der Waals surface area (Å²) in [6, 6.07) is 0. The normalized spacial score (nSPS) is 11.2. The van der Waals surface area contributed by atoms with Crippen molar-refractivity contribution >= 4 is 23.8 Å². The fraction of sp³-hybridized carbons (Fsp3) is 0.0909. The maximum atomic E-state index is 10.0. The Kier molecular flexibility index (Phi) is 9.36. The molecule has 1 heterocycles. The third-order valence-corrected chi connectivity index (χ3v) is 1.17. The fourth-order valence-corrected chi connectivity index (χ4v) is 0.356. The highest BCUT2D eigenvalue weighted by Crippen LogP contribution is 1.82. The molecule has 3 N–H and O–H groups in total. The van der Waals surface area contributed by atoms with Crippen molar-refractivity contribution in [2.24, 2.45) is 0 Å². The van der Waals surface area contributed by atoms with Crippen LogP contribution in [0.3, 0.4) is 0 Å². The number of imide groups is 1. The average molecular weight is 255 g/mol. The van der Waals surface area contributed by atoms with Crippen LogP contribution in [-0.4, -0.2) is 34.0 Å². The molecule has 1 aliphatic heterocycles. The molecule has 0 saturated heterocycles. The lowest BCUT2D eigenvalue weighted by Gasteiger charge is -1.80. The van der Waals surface area contributed by atoms with Crippen LogP contribution in [0.15, 0.2) is 37.0 Å². The van der Waals surface area contributed by atoms with Gasteiger partial charge in [-0.25, -0.2) is 9.59 Å². The largest absolute Gasteiger partial charge is 0.478 e. The van der Waals surface area contributed by atoms with Gasteiger partial charge in [0.1, 0.15) is 0 Å². The lowest BCUT2D eigenvalue weighted by molar-refractivity contribution is -0.133. The van der Waals surface area contributed by atoms with Crippen molar-refractivity contribution in [2.45, 2.75) is 6.92 Å². The van der Waals surface area contributed by atoms with Crippen molar-refractivity contribution in [3.8, 4) is 0 Å². The topological polar surface area (TPSA) is 121 Å². The summed E-state index contributed by atoms with van der Waals surface area (Å²) in [6.07, 6.45) is 3.23. The highest BCUT2D eigenvalue weighted by molar-refractivity contribution is 6.12. The van der Waals surface area contributed by atoms with E-state index in [0.29, 0.717) is 0 Å². The van der Waals surface area contributed by atoms with Gasteiger partial charge >= 0.3 is 11.9 Å². The van der Waals surface area contributed by atoms with E-state index in [9.17, 15) is 19.2 Å². The molecule has 0 bridgehead atoms. The number of hydrogen-bond acceptors (Lipinski definition) is 4. The number of amides is 2. The Bertz CT molecular complexity index is 380. The van der Waals surface area contributed by atoms with Crippen molar-refractivity contribution in [3.63, 3.8) is 0 Å². The number of carbonyl (C=O) groups is 4. The van der Waals surface area contributed by atoms with Gasteiger partial charge in [0.2, 0.25) is 0 Å². The van der Waals surface area contributed by atoms with E-state index in [-0.39, 0.29) is 17.4 Å². The standard InChI is InChI=1S/C4H3NO2.C4H6O2.C3H4O2/c6-3-1-2-4(7)5-3;1-3(2)4(5)6;1-2-3(4)5/h1-2H,(H,5,6,7);1H2,2H3,(H,5,6);2H,1H2,(H,4,5). The predicted octanol–water partition coefficient (Wildman–Crippen LogP) is 0.103. The molecule has 0 spiro atoms. The molecule has 0 unspecified atom stereocenters. The van der Waals surface area contributed by atoms with Gasteiger partial charge < -0.3 is 10.2 Å². The highest BCUT2D eigenvalue weighted by Gasteiger charge is 2.06. The molecule has 7 nitrogen and oxygen atoms in total. The Morgan fingerprint density at radius 3 is 1.56 bits per heavy atom. The van der Waals surface area contributed by atoms with Crippen LogP contribution >= 0.6 is 0 Å². The number of carboxylic acids is 2. The van der Waals surface area contributed by atoms with Crippen LogP contribution in [0.25, 0.3) is 0 Å². The van der Waals surface area contributed by atoms with Crippen molar-refractivity contribution in [3.05, 3.63) is 37.0 Å². The number of aliphatic carboxylic acids is 2. The van der Waals surface area contributed by atoms with Gasteiger partial charge in [0, 0.05) is 23.8 Å². The first-order chi connectivity index (χ1) is 8.20. The van der Waals surface area contributed by atoms with Crippen LogP contribution < -0.4 is 5.32 Å². The zero-order valence-electron chi connectivity index (χ0n) is 9.67. The van der Waals surface area contributed by atoms with Gasteiger partial charge in [-0.1, -0.05) is 13.2 Å². The number of carboxylic acid groups (broad SMARTS) is 2. The molecule has 1 rings (SSSR count). The van der Waals surface area contributed by atoms with Crippen LogP contribution in [0.5, 0.6) is 0 Å². The lowest BCUT2D eigenvalue weighted by atomic mass is 10.4. The lowest BCUT2D eigenvalue weighted by Crippen LogP contribution is -2.19. The summed E-state index contributed by atoms with van der Waals surface area (Å²) in [6.45, 7) is 7.56. The number of rotatable bonds is 2. The first kappa shape index (κ1) is 17.7. The molecule has 2 amide bonds. The summed E-state index contributed by atoms with van der Waals surface area (Å²) >= 11 is 0. The summed E-state index contributed by atoms with van der Waals surface area (Å²) in [5.74, 6) is -2.57. The minimum atomic E-state index is -0.981. The van der Waals surface area contributed by atoms with E-state index in [1.807, 2.05) is 5.32 Å². The SMILES string of the molecule is C=C(C)C(=O)O.C=CC(=O)O.O=C1C=CC(=O)N1. The molecule has 0 aliphatic carbocycles. The van der Waals surface area contributed by atoms with E-state index in [2.05, 4.69) is 13.2 Å². The summed E-state index contributed by atoms with van der Waals surface area (Å²) in [5.41, 5.74) is 0.176. The molecular weight excluding hydrogens is 242 g/mol. The van der Waals surface area contributed by atoms with Crippen molar-refractivity contribution in [2.75, 3.05) is 0 Å². The van der Waals surface area contributed by atoms with Crippen LogP contribution in [-0.2, 0) is 19.2 Å². The van der Waals surface area contributed by atoms with E-state index in [0.717, 1.165) is 6.08 Å². The maximum Gasteiger partial charge on any atom is 0.330 e. The Balaban J connectivity index is 0. The fourth-order valence-electron chi connectivity index (χ4n) is 0.356. The summed E-state index contributed by atoms with van der Waals surface area (Å²) in [7, 11) is 0. The Morgan fingerprint density at radius 2 is 1.50 bits per heavy atom. The van der Waals surface area contributed by atoms with Crippen molar-refractivity contribution in [1.82, 2.24) is 5.32 Å². The van der Waals surface area contributed by atoms with E-state index in [4.69, 9.17) is 10.2 Å². The monoisotopic (exact) mass is 255 g/mol. The maximum absolute atomic E-state index is 10.0. The molecule has 98 valence electrons. The van der Waals surface area contributed by atoms with Crippen LogP contribution in [0, 0.1) is 0 Å². The first-order valence-electron chi connectivity index (χ1n) is 4.47. The third kappa shape index (κ3) is 13.3. The summed E-state index contributed by atoms with van der Waals surface area (Å²) < 4.78 is 0. The molecule has 0 aromatic rings. The molecule has 0 fully saturated rings. The van der Waals surface area contributed by atoms with E-state index in [1.54, 1.807) is 0 Å². The van der Waals surface area contributed by atoms with Crippen LogP contribution in [0.2, 0.25) is 0 Å². The zero-order chi connectivity index (χ0) is 14.7. The second-order valence-electron chi connectivity index (χ2n) is 2.81. The van der Waals surface area contributed by atoms with Gasteiger partial charge in [0.05, 0.1) is 0 Å². The van der Waals surface area contributed by atoms with Crippen molar-refractivity contribution in [1.29, 1.82) is 0 Å². The predicted molar refractivity (Wildman–Crippen MR) is 62.6 cm³/mol. The molecule has 1 aliphatic rings. The molecule has 0 saturated carbocycles. The molecule has 0 aromatic carbocycles. The molecule has 7 heteroatoms. The number of hydrogen-bond donors (Lipinski definition) is 3. The second kappa shape index (κ2) is 9.52. The molecular formula is C11H13NO6. The summed E-state index contributed by atoms with van der Waals surface area (Å²) in [5, 5.41) is 17.5. The zero-order valence-corrected chi connectivity index (χ0v) is 9.67. The molecule has 18 heavy (non-hydrogen) atoms. The van der Waals surface area contributed by atoms with Crippen LogP contribution in [0.1, 0.15) is 6.92 Å². The Labute approximate surface area is 103 Å². The van der Waals surface area contributed by atoms with Gasteiger partial charge in [-0.05, 0) is 6.92 Å². The second-order valence-corrected chi connectivity index (χ2v) is 2.81. The van der Waals surface area contributed by atoms with Gasteiger partial charge in [0.25, 0.3) is 11.8 Å². The van der Waals surface area contributed by atoms with E-state index < -0.39 is 11.9 Å². The van der Waals surface area contributed by atoms with Crippen LogP contribution in [0.4, 0.5) is 0 Å². The minimum absolute atomic E-state index is 0.176. The average Bonchev–Trinajstić information content (AvgIpc) is 2.64. The van der Waals surface area contributed by atoms with Gasteiger partial charge in [-0.3, -0.25) is 14.9 Å². The van der Waals surface area contributed by atoms with Gasteiger partial charge in [0.15, 0.2) is 0 Å². The minimum Gasteiger partial charge on any atom is -0.478 e. The molecule has 0 atom stereocenters. The van der Waals surface area contributed by atoms with E-state index >= 15 is 0 Å². The number of nitrogens with one attached hydrogen (secondary N) is 1. The summed E-state index contributed by atoms with van der Waals surface area (Å²) in [4.78, 5) is 38.9. The van der Waals surface area contributed by atoms with Gasteiger partial charge in [-0.2, -0.15) is 0 Å². The Hall–Kier alpha value is -2.70. The first-order valence-corrected chi connectivity index (χ1v) is 4.47. The quantitative estimate of drug-likeness (QED) is 0.475. The van der Waals surface area contributed by atoms with Crippen molar-refractivity contribution < 1.29 is 29.4 Å².